The molecule has 0 spiro atoms. The number of hydrogen-bond donors (Lipinski definition) is 0. The first-order valence-electron chi connectivity index (χ1n) is 8.05. The Morgan fingerprint density at radius 3 is 2.87 bits per heavy atom. The zero-order chi connectivity index (χ0) is 16.6. The zero-order valence-electron chi connectivity index (χ0n) is 14.2. The summed E-state index contributed by atoms with van der Waals surface area (Å²) in [5.74, 6) is 0.170. The lowest BCUT2D eigenvalue weighted by Crippen LogP contribution is -2.47. The lowest BCUT2D eigenvalue weighted by Gasteiger charge is -2.36. The number of ether oxygens (including phenoxy) is 2. The highest BCUT2D eigenvalue weighted by atomic mass is 16.6. The quantitative estimate of drug-likeness (QED) is 0.799. The van der Waals surface area contributed by atoms with Gasteiger partial charge in [0, 0.05) is 24.4 Å². The number of hydrogen-bond acceptors (Lipinski definition) is 4. The van der Waals surface area contributed by atoms with Gasteiger partial charge in [0.05, 0.1) is 19.3 Å². The molecule has 4 rings (SSSR count). The van der Waals surface area contributed by atoms with Gasteiger partial charge < -0.3 is 9.47 Å². The molecule has 1 saturated heterocycles. The first-order chi connectivity index (χ1) is 10.8. The molecular weight excluding hydrogens is 292 g/mol. The highest BCUT2D eigenvalue weighted by Gasteiger charge is 2.37. The summed E-state index contributed by atoms with van der Waals surface area (Å²) in [4.78, 5) is 18.5. The van der Waals surface area contributed by atoms with Crippen LogP contribution in [0.25, 0.3) is 5.57 Å². The molecule has 0 N–H and O–H groups in total. The number of rotatable bonds is 1. The predicted molar refractivity (Wildman–Crippen MR) is 88.0 cm³/mol. The second kappa shape index (κ2) is 5.96. The van der Waals surface area contributed by atoms with Gasteiger partial charge in [-0.25, -0.2) is 4.79 Å². The fraction of sp³-hybridized carbons (Fsp3) is 0.556. The minimum Gasteiger partial charge on any atom is -0.444 e. The topological polar surface area (TPSA) is 51.7 Å². The molecule has 2 atom stereocenters. The van der Waals surface area contributed by atoms with Crippen LogP contribution in [0.2, 0.25) is 0 Å². The fourth-order valence-corrected chi connectivity index (χ4v) is 3.10. The average Bonchev–Trinajstić information content (AvgIpc) is 2.78. The van der Waals surface area contributed by atoms with Crippen molar-refractivity contribution in [3.05, 3.63) is 35.7 Å². The van der Waals surface area contributed by atoms with E-state index >= 15 is 0 Å². The molecule has 23 heavy (non-hydrogen) atoms. The van der Waals surface area contributed by atoms with Crippen molar-refractivity contribution in [2.75, 3.05) is 19.8 Å². The van der Waals surface area contributed by atoms with E-state index in [1.54, 1.807) is 4.90 Å². The van der Waals surface area contributed by atoms with E-state index in [9.17, 15) is 4.79 Å². The lowest BCUT2D eigenvalue weighted by molar-refractivity contribution is 0.0166. The van der Waals surface area contributed by atoms with Gasteiger partial charge in [0.15, 0.2) is 0 Å². The molecule has 3 aliphatic heterocycles. The lowest BCUT2D eigenvalue weighted by atomic mass is 9.88. The van der Waals surface area contributed by atoms with E-state index in [0.29, 0.717) is 19.8 Å². The summed E-state index contributed by atoms with van der Waals surface area (Å²) in [5.41, 5.74) is 2.92. The summed E-state index contributed by atoms with van der Waals surface area (Å²) in [6.07, 6.45) is 3.72. The molecule has 5 nitrogen and oxygen atoms in total. The summed E-state index contributed by atoms with van der Waals surface area (Å²) in [6, 6.07) is 4.04. The minimum atomic E-state index is -0.488. The first kappa shape index (κ1) is 16.0. The Hall–Kier alpha value is -1.88. The third-order valence-corrected chi connectivity index (χ3v) is 4.09. The van der Waals surface area contributed by atoms with Crippen molar-refractivity contribution in [3.63, 3.8) is 0 Å². The predicted octanol–water partition coefficient (Wildman–Crippen LogP) is 3.04. The molecule has 0 saturated carbocycles. The standard InChI is InChI=1S/C18H24N2O3/c1-12-7-13(5-6-19-12)16-8-15-11-22-10-14(16)9-20(15)17(21)23-18(2,3)4/h5-8,14-15H,9-11H2,1-4H3/t14?,15-/m1/s1. The van der Waals surface area contributed by atoms with Gasteiger partial charge in [0.1, 0.15) is 5.60 Å². The monoisotopic (exact) mass is 316 g/mol. The molecule has 0 aliphatic carbocycles. The van der Waals surface area contributed by atoms with Crippen LogP contribution >= 0.6 is 0 Å². The maximum atomic E-state index is 12.5. The summed E-state index contributed by atoms with van der Waals surface area (Å²) < 4.78 is 11.3. The van der Waals surface area contributed by atoms with Crippen molar-refractivity contribution >= 4 is 11.7 Å². The molecule has 1 amide bonds. The molecular formula is C18H24N2O3. The highest BCUT2D eigenvalue weighted by molar-refractivity contribution is 5.75. The second-order valence-corrected chi connectivity index (χ2v) is 7.24. The van der Waals surface area contributed by atoms with Gasteiger partial charge in [-0.2, -0.15) is 0 Å². The Bertz CT molecular complexity index is 633. The van der Waals surface area contributed by atoms with Crippen molar-refractivity contribution in [1.29, 1.82) is 0 Å². The summed E-state index contributed by atoms with van der Waals surface area (Å²) in [7, 11) is 0. The maximum absolute atomic E-state index is 12.5. The SMILES string of the molecule is Cc1cc(C2=C[C@@H]3COCC2CN3C(=O)OC(C)(C)C)ccn1. The van der Waals surface area contributed by atoms with Gasteiger partial charge in [-0.15, -0.1) is 0 Å². The minimum absolute atomic E-state index is 0.0768. The fourth-order valence-electron chi connectivity index (χ4n) is 3.10. The van der Waals surface area contributed by atoms with Crippen molar-refractivity contribution in [2.45, 2.75) is 39.3 Å². The highest BCUT2D eigenvalue weighted by Crippen LogP contribution is 2.34. The van der Waals surface area contributed by atoms with Gasteiger partial charge in [-0.1, -0.05) is 6.08 Å². The van der Waals surface area contributed by atoms with Crippen LogP contribution < -0.4 is 0 Å². The van der Waals surface area contributed by atoms with Gasteiger partial charge in [0.25, 0.3) is 0 Å². The van der Waals surface area contributed by atoms with Crippen molar-refractivity contribution < 1.29 is 14.3 Å². The molecule has 3 aliphatic rings. The van der Waals surface area contributed by atoms with E-state index in [-0.39, 0.29) is 18.1 Å². The third kappa shape index (κ3) is 3.55. The Kier molecular flexibility index (Phi) is 4.15. The largest absolute Gasteiger partial charge is 0.444 e. The van der Waals surface area contributed by atoms with E-state index < -0.39 is 5.60 Å². The van der Waals surface area contributed by atoms with Crippen LogP contribution in [0, 0.1) is 12.8 Å². The summed E-state index contributed by atoms with van der Waals surface area (Å²) in [6.45, 7) is 9.43. The van der Waals surface area contributed by atoms with Crippen molar-refractivity contribution in [2.24, 2.45) is 5.92 Å². The van der Waals surface area contributed by atoms with E-state index in [0.717, 1.165) is 5.69 Å². The molecule has 1 unspecified atom stereocenters. The third-order valence-electron chi connectivity index (χ3n) is 4.09. The van der Waals surface area contributed by atoms with Crippen molar-refractivity contribution in [3.8, 4) is 0 Å². The maximum Gasteiger partial charge on any atom is 0.410 e. The van der Waals surface area contributed by atoms with Gasteiger partial charge in [-0.3, -0.25) is 9.88 Å². The van der Waals surface area contributed by atoms with Gasteiger partial charge in [-0.05, 0) is 51.0 Å². The van der Waals surface area contributed by atoms with Crippen molar-refractivity contribution in [1.82, 2.24) is 9.88 Å². The molecule has 2 bridgehead atoms. The number of amides is 1. The molecule has 1 aromatic heterocycles. The van der Waals surface area contributed by atoms with Gasteiger partial charge >= 0.3 is 6.09 Å². The van der Waals surface area contributed by atoms with Crippen LogP contribution in [0.3, 0.4) is 0 Å². The molecule has 1 fully saturated rings. The Balaban J connectivity index is 1.87. The molecule has 0 aromatic carbocycles. The van der Waals surface area contributed by atoms with Gasteiger partial charge in [0.2, 0.25) is 0 Å². The number of pyridine rings is 1. The number of nitrogens with zero attached hydrogens (tertiary/aromatic N) is 2. The van der Waals surface area contributed by atoms with E-state index in [1.165, 1.54) is 11.1 Å². The smallest absolute Gasteiger partial charge is 0.410 e. The average molecular weight is 316 g/mol. The van der Waals surface area contributed by atoms with Crippen LogP contribution in [0.4, 0.5) is 4.79 Å². The van der Waals surface area contributed by atoms with E-state index in [2.05, 4.69) is 17.1 Å². The molecule has 124 valence electrons. The summed E-state index contributed by atoms with van der Waals surface area (Å²) in [5, 5.41) is 0. The number of aryl methyl sites for hydroxylation is 1. The molecule has 0 radical (unpaired) electrons. The van der Waals surface area contributed by atoms with Crippen LogP contribution in [-0.4, -0.2) is 47.4 Å². The zero-order valence-corrected chi connectivity index (χ0v) is 14.2. The van der Waals surface area contributed by atoms with Crippen LogP contribution in [0.15, 0.2) is 24.4 Å². The second-order valence-electron chi connectivity index (χ2n) is 7.24. The Morgan fingerprint density at radius 1 is 1.39 bits per heavy atom. The number of fused-ring (bicyclic) bond motifs is 3. The van der Waals surface area contributed by atoms with E-state index in [4.69, 9.17) is 9.47 Å². The Labute approximate surface area is 137 Å². The number of aromatic nitrogens is 1. The van der Waals surface area contributed by atoms with Crippen LogP contribution in [-0.2, 0) is 9.47 Å². The number of carbonyl (C=O) groups is 1. The summed E-state index contributed by atoms with van der Waals surface area (Å²) >= 11 is 0. The Morgan fingerprint density at radius 2 is 2.17 bits per heavy atom. The first-order valence-corrected chi connectivity index (χ1v) is 8.05. The molecule has 5 heteroatoms. The normalized spacial score (nSPS) is 24.2. The van der Waals surface area contributed by atoms with Crippen LogP contribution in [0.1, 0.15) is 32.0 Å². The molecule has 1 aromatic rings. The van der Waals surface area contributed by atoms with E-state index in [1.807, 2.05) is 40.0 Å². The molecule has 4 heterocycles. The number of carbonyl (C=O) groups excluding carboxylic acids is 1. The van der Waals surface area contributed by atoms with Crippen LogP contribution in [0.5, 0.6) is 0 Å².